The number of aryl methyl sites for hydroxylation is 2. The number of likely N-dealkylation sites (N-methyl/N-ethyl adjacent to an activating group) is 1. The molecular weight excluding hydrogens is 321 g/mol. The second-order valence-electron chi connectivity index (χ2n) is 6.54. The van der Waals surface area contributed by atoms with Crippen LogP contribution in [0.4, 0.5) is 10.1 Å². The number of carbonyl (C=O) groups is 1. The summed E-state index contributed by atoms with van der Waals surface area (Å²) >= 11 is 0. The molecule has 2 aromatic rings. The van der Waals surface area contributed by atoms with Crippen molar-refractivity contribution in [1.29, 1.82) is 0 Å². The summed E-state index contributed by atoms with van der Waals surface area (Å²) in [5.74, 6) is -0.674. The molecule has 1 aliphatic rings. The number of piperazine rings is 1. The molecule has 7 heteroatoms. The van der Waals surface area contributed by atoms with Gasteiger partial charge in [0.1, 0.15) is 5.82 Å². The molecule has 0 unspecified atom stereocenters. The molecule has 134 valence electrons. The molecule has 0 saturated carbocycles. The monoisotopic (exact) mass is 345 g/mol. The molecule has 0 aliphatic carbocycles. The van der Waals surface area contributed by atoms with Gasteiger partial charge in [-0.05, 0) is 38.2 Å². The first kappa shape index (κ1) is 17.4. The number of anilines is 1. The van der Waals surface area contributed by atoms with Crippen molar-refractivity contribution in [2.45, 2.75) is 13.5 Å². The highest BCUT2D eigenvalue weighted by Crippen LogP contribution is 2.23. The molecule has 25 heavy (non-hydrogen) atoms. The summed E-state index contributed by atoms with van der Waals surface area (Å²) in [6.07, 6.45) is 0. The quantitative estimate of drug-likeness (QED) is 0.914. The zero-order valence-electron chi connectivity index (χ0n) is 14.9. The molecule has 2 heterocycles. The molecule has 1 aromatic carbocycles. The van der Waals surface area contributed by atoms with E-state index in [1.54, 1.807) is 10.7 Å². The van der Waals surface area contributed by atoms with Gasteiger partial charge in [-0.2, -0.15) is 5.10 Å². The zero-order chi connectivity index (χ0) is 18.0. The van der Waals surface area contributed by atoms with Crippen LogP contribution in [0.3, 0.4) is 0 Å². The van der Waals surface area contributed by atoms with E-state index < -0.39 is 5.82 Å². The molecule has 1 saturated heterocycles. The SMILES string of the molecule is Cc1cc(CNC(=O)c2cc(F)ccc2N2CCN(C)CC2)n(C)n1. The molecular formula is C18H24FN5O. The van der Waals surface area contributed by atoms with Crippen LogP contribution in [-0.4, -0.2) is 53.8 Å². The first-order chi connectivity index (χ1) is 11.9. The predicted octanol–water partition coefficient (Wildman–Crippen LogP) is 1.55. The molecule has 1 aliphatic heterocycles. The van der Waals surface area contributed by atoms with Gasteiger partial charge in [0.2, 0.25) is 0 Å². The minimum atomic E-state index is -0.403. The Bertz CT molecular complexity index is 765. The Kier molecular flexibility index (Phi) is 5.03. The van der Waals surface area contributed by atoms with Crippen molar-refractivity contribution in [3.8, 4) is 0 Å². The Balaban J connectivity index is 1.77. The van der Waals surface area contributed by atoms with Gasteiger partial charge in [-0.15, -0.1) is 0 Å². The number of amides is 1. The van der Waals surface area contributed by atoms with E-state index >= 15 is 0 Å². The maximum atomic E-state index is 13.7. The lowest BCUT2D eigenvalue weighted by Crippen LogP contribution is -2.45. The maximum absolute atomic E-state index is 13.7. The third-order valence-corrected chi connectivity index (χ3v) is 4.58. The van der Waals surface area contributed by atoms with Gasteiger partial charge in [0, 0.05) is 38.9 Å². The van der Waals surface area contributed by atoms with Gasteiger partial charge in [0.05, 0.1) is 23.5 Å². The van der Waals surface area contributed by atoms with E-state index in [1.165, 1.54) is 12.1 Å². The highest BCUT2D eigenvalue weighted by atomic mass is 19.1. The van der Waals surface area contributed by atoms with Crippen LogP contribution in [0.25, 0.3) is 0 Å². The number of rotatable bonds is 4. The second kappa shape index (κ2) is 7.23. The summed E-state index contributed by atoms with van der Waals surface area (Å²) < 4.78 is 15.5. The fourth-order valence-electron chi connectivity index (χ4n) is 3.11. The van der Waals surface area contributed by atoms with Crippen LogP contribution in [0.15, 0.2) is 24.3 Å². The fourth-order valence-corrected chi connectivity index (χ4v) is 3.11. The number of aromatic nitrogens is 2. The molecule has 1 fully saturated rings. The molecule has 0 bridgehead atoms. The van der Waals surface area contributed by atoms with Crippen molar-refractivity contribution in [3.63, 3.8) is 0 Å². The minimum Gasteiger partial charge on any atom is -0.368 e. The van der Waals surface area contributed by atoms with Gasteiger partial charge in [-0.3, -0.25) is 9.48 Å². The largest absolute Gasteiger partial charge is 0.368 e. The van der Waals surface area contributed by atoms with Crippen LogP contribution >= 0.6 is 0 Å². The normalized spacial score (nSPS) is 15.4. The number of nitrogens with one attached hydrogen (secondary N) is 1. The van der Waals surface area contributed by atoms with Crippen LogP contribution < -0.4 is 10.2 Å². The Morgan fingerprint density at radius 2 is 1.92 bits per heavy atom. The maximum Gasteiger partial charge on any atom is 0.253 e. The standard InChI is InChI=1S/C18H24FN5O/c1-13-10-15(23(3)21-13)12-20-18(25)16-11-14(19)4-5-17(16)24-8-6-22(2)7-9-24/h4-5,10-11H,6-9,12H2,1-3H3,(H,20,25). The van der Waals surface area contributed by atoms with E-state index in [1.807, 2.05) is 20.0 Å². The number of halogens is 1. The zero-order valence-corrected chi connectivity index (χ0v) is 14.9. The highest BCUT2D eigenvalue weighted by Gasteiger charge is 2.21. The third-order valence-electron chi connectivity index (χ3n) is 4.58. The van der Waals surface area contributed by atoms with E-state index in [0.29, 0.717) is 12.1 Å². The number of benzene rings is 1. The van der Waals surface area contributed by atoms with Crippen molar-refractivity contribution in [3.05, 3.63) is 47.0 Å². The van der Waals surface area contributed by atoms with Crippen molar-refractivity contribution in [2.75, 3.05) is 38.1 Å². The Hall–Kier alpha value is -2.41. The lowest BCUT2D eigenvalue weighted by Gasteiger charge is -2.35. The van der Waals surface area contributed by atoms with Gasteiger partial charge in [0.25, 0.3) is 5.91 Å². The fraction of sp³-hybridized carbons (Fsp3) is 0.444. The topological polar surface area (TPSA) is 53.4 Å². The highest BCUT2D eigenvalue weighted by molar-refractivity contribution is 5.99. The van der Waals surface area contributed by atoms with Crippen LogP contribution in [0.1, 0.15) is 21.7 Å². The molecule has 0 spiro atoms. The molecule has 1 N–H and O–H groups in total. The summed E-state index contributed by atoms with van der Waals surface area (Å²) in [5.41, 5.74) is 2.97. The average Bonchev–Trinajstić information content (AvgIpc) is 2.91. The number of hydrogen-bond donors (Lipinski definition) is 1. The molecule has 0 radical (unpaired) electrons. The van der Waals surface area contributed by atoms with Crippen LogP contribution in [0.5, 0.6) is 0 Å². The summed E-state index contributed by atoms with van der Waals surface area (Å²) in [7, 11) is 3.91. The van der Waals surface area contributed by atoms with Crippen LogP contribution in [0.2, 0.25) is 0 Å². The van der Waals surface area contributed by atoms with Gasteiger partial charge in [0.15, 0.2) is 0 Å². The molecule has 6 nitrogen and oxygen atoms in total. The summed E-state index contributed by atoms with van der Waals surface area (Å²) in [4.78, 5) is 17.1. The lowest BCUT2D eigenvalue weighted by atomic mass is 10.1. The minimum absolute atomic E-state index is 0.271. The summed E-state index contributed by atoms with van der Waals surface area (Å²) in [5, 5.41) is 7.15. The Morgan fingerprint density at radius 3 is 2.56 bits per heavy atom. The average molecular weight is 345 g/mol. The van der Waals surface area contributed by atoms with Crippen LogP contribution in [0, 0.1) is 12.7 Å². The van der Waals surface area contributed by atoms with Crippen molar-refractivity contribution >= 4 is 11.6 Å². The van der Waals surface area contributed by atoms with E-state index in [-0.39, 0.29) is 5.91 Å². The van der Waals surface area contributed by atoms with E-state index in [0.717, 1.165) is 43.3 Å². The molecule has 1 aromatic heterocycles. The number of carbonyl (C=O) groups excluding carboxylic acids is 1. The van der Waals surface area contributed by atoms with Crippen molar-refractivity contribution < 1.29 is 9.18 Å². The first-order valence-corrected chi connectivity index (χ1v) is 8.45. The Morgan fingerprint density at radius 1 is 1.20 bits per heavy atom. The number of hydrogen-bond acceptors (Lipinski definition) is 4. The van der Waals surface area contributed by atoms with Gasteiger partial charge in [-0.1, -0.05) is 0 Å². The van der Waals surface area contributed by atoms with E-state index in [4.69, 9.17) is 0 Å². The van der Waals surface area contributed by atoms with Gasteiger partial charge >= 0.3 is 0 Å². The second-order valence-corrected chi connectivity index (χ2v) is 6.54. The van der Waals surface area contributed by atoms with E-state index in [9.17, 15) is 9.18 Å². The van der Waals surface area contributed by atoms with Crippen molar-refractivity contribution in [2.24, 2.45) is 7.05 Å². The lowest BCUT2D eigenvalue weighted by molar-refractivity contribution is 0.0950. The third kappa shape index (κ3) is 3.99. The first-order valence-electron chi connectivity index (χ1n) is 8.45. The predicted molar refractivity (Wildman–Crippen MR) is 95.2 cm³/mol. The van der Waals surface area contributed by atoms with Gasteiger partial charge < -0.3 is 15.1 Å². The smallest absolute Gasteiger partial charge is 0.253 e. The van der Waals surface area contributed by atoms with Crippen LogP contribution in [-0.2, 0) is 13.6 Å². The molecule has 0 atom stereocenters. The summed E-state index contributed by atoms with van der Waals surface area (Å²) in [6, 6.07) is 6.35. The Labute approximate surface area is 147 Å². The number of nitrogens with zero attached hydrogens (tertiary/aromatic N) is 4. The van der Waals surface area contributed by atoms with E-state index in [2.05, 4.69) is 27.3 Å². The van der Waals surface area contributed by atoms with Gasteiger partial charge in [-0.25, -0.2) is 4.39 Å². The summed E-state index contributed by atoms with van der Waals surface area (Å²) in [6.45, 7) is 5.75. The van der Waals surface area contributed by atoms with Crippen molar-refractivity contribution in [1.82, 2.24) is 20.0 Å². The molecule has 3 rings (SSSR count). The molecule has 1 amide bonds.